The molecule has 0 unspecified atom stereocenters. The third-order valence-corrected chi connectivity index (χ3v) is 5.73. The van der Waals surface area contributed by atoms with E-state index in [4.69, 9.17) is 9.73 Å². The van der Waals surface area contributed by atoms with Crippen molar-refractivity contribution in [3.8, 4) is 5.88 Å². The molecule has 0 bridgehead atoms. The van der Waals surface area contributed by atoms with Gasteiger partial charge in [-0.1, -0.05) is 24.3 Å². The standard InChI is InChI=1S/C27H24FN3O4/c1-16(32)31(2)21-11-9-20(10-12-21)29-26(18-6-4-17(5-7-18)14-24(33)35-3)25-22-13-8-19(28)15-23(22)30-27(25)34/h4-13,15,30,34H,14H2,1-3H3. The molecule has 1 amide bonds. The molecule has 0 aliphatic carbocycles. The van der Waals surface area contributed by atoms with Crippen LogP contribution in [0, 0.1) is 5.82 Å². The number of carbonyl (C=O) groups excluding carboxylic acids is 2. The monoisotopic (exact) mass is 473 g/mol. The van der Waals surface area contributed by atoms with Gasteiger partial charge in [-0.15, -0.1) is 0 Å². The maximum atomic E-state index is 13.8. The lowest BCUT2D eigenvalue weighted by molar-refractivity contribution is -0.139. The number of amides is 1. The van der Waals surface area contributed by atoms with Crippen LogP contribution >= 0.6 is 0 Å². The van der Waals surface area contributed by atoms with Crippen LogP contribution in [0.15, 0.2) is 71.7 Å². The summed E-state index contributed by atoms with van der Waals surface area (Å²) < 4.78 is 18.5. The summed E-state index contributed by atoms with van der Waals surface area (Å²) in [6, 6.07) is 18.5. The molecule has 2 N–H and O–H groups in total. The molecule has 178 valence electrons. The van der Waals surface area contributed by atoms with Gasteiger partial charge < -0.3 is 19.7 Å². The Morgan fingerprint density at radius 1 is 1.06 bits per heavy atom. The van der Waals surface area contributed by atoms with Crippen LogP contribution in [0.4, 0.5) is 15.8 Å². The van der Waals surface area contributed by atoms with Crippen molar-refractivity contribution in [1.29, 1.82) is 0 Å². The lowest BCUT2D eigenvalue weighted by Gasteiger charge is -2.15. The van der Waals surface area contributed by atoms with Gasteiger partial charge in [0.2, 0.25) is 5.91 Å². The Kier molecular flexibility index (Phi) is 6.64. The zero-order valence-corrected chi connectivity index (χ0v) is 19.5. The number of benzene rings is 3. The summed E-state index contributed by atoms with van der Waals surface area (Å²) in [6.45, 7) is 1.48. The van der Waals surface area contributed by atoms with Gasteiger partial charge in [0, 0.05) is 30.6 Å². The summed E-state index contributed by atoms with van der Waals surface area (Å²) in [5.41, 5.74) is 4.07. The number of methoxy groups -OCH3 is 1. The molecule has 7 nitrogen and oxygen atoms in total. The van der Waals surface area contributed by atoms with E-state index in [1.54, 1.807) is 61.6 Å². The average molecular weight is 474 g/mol. The first-order valence-corrected chi connectivity index (χ1v) is 10.9. The maximum absolute atomic E-state index is 13.8. The number of hydrogen-bond acceptors (Lipinski definition) is 5. The fourth-order valence-corrected chi connectivity index (χ4v) is 3.74. The zero-order chi connectivity index (χ0) is 25.1. The van der Waals surface area contributed by atoms with Crippen LogP contribution in [0.3, 0.4) is 0 Å². The van der Waals surface area contributed by atoms with Gasteiger partial charge >= 0.3 is 5.97 Å². The average Bonchev–Trinajstić information content (AvgIpc) is 3.17. The summed E-state index contributed by atoms with van der Waals surface area (Å²) in [6.07, 6.45) is 0.131. The van der Waals surface area contributed by atoms with Gasteiger partial charge in [-0.05, 0) is 48.0 Å². The van der Waals surface area contributed by atoms with Crippen LogP contribution < -0.4 is 4.90 Å². The largest absolute Gasteiger partial charge is 0.494 e. The Hall–Kier alpha value is -4.46. The predicted octanol–water partition coefficient (Wildman–Crippen LogP) is 4.88. The molecule has 0 aliphatic rings. The molecule has 35 heavy (non-hydrogen) atoms. The van der Waals surface area contributed by atoms with Gasteiger partial charge in [0.1, 0.15) is 5.82 Å². The smallest absolute Gasteiger partial charge is 0.309 e. The summed E-state index contributed by atoms with van der Waals surface area (Å²) in [5, 5.41) is 11.4. The molecule has 0 radical (unpaired) electrons. The van der Waals surface area contributed by atoms with Crippen molar-refractivity contribution in [1.82, 2.24) is 4.98 Å². The number of aromatic amines is 1. The third-order valence-electron chi connectivity index (χ3n) is 5.73. The molecular weight excluding hydrogens is 449 g/mol. The van der Waals surface area contributed by atoms with Crippen LogP contribution in [0.5, 0.6) is 5.88 Å². The van der Waals surface area contributed by atoms with Crippen LogP contribution in [-0.2, 0) is 20.7 Å². The molecule has 3 aromatic carbocycles. The molecule has 1 aromatic heterocycles. The van der Waals surface area contributed by atoms with Crippen molar-refractivity contribution in [2.24, 2.45) is 4.99 Å². The summed E-state index contributed by atoms with van der Waals surface area (Å²) in [7, 11) is 3.02. The van der Waals surface area contributed by atoms with Crippen LogP contribution in [0.25, 0.3) is 10.9 Å². The molecule has 0 saturated carbocycles. The summed E-state index contributed by atoms with van der Waals surface area (Å²) in [4.78, 5) is 32.4. The number of aromatic nitrogens is 1. The van der Waals surface area contributed by atoms with Gasteiger partial charge in [-0.25, -0.2) is 9.38 Å². The van der Waals surface area contributed by atoms with E-state index in [9.17, 15) is 19.1 Å². The molecule has 0 fully saturated rings. The molecule has 1 heterocycles. The highest BCUT2D eigenvalue weighted by atomic mass is 19.1. The number of rotatable bonds is 6. The summed E-state index contributed by atoms with van der Waals surface area (Å²) >= 11 is 0. The topological polar surface area (TPSA) is 95.0 Å². The van der Waals surface area contributed by atoms with Crippen LogP contribution in [0.1, 0.15) is 23.6 Å². The van der Waals surface area contributed by atoms with Crippen molar-refractivity contribution in [2.45, 2.75) is 13.3 Å². The first-order chi connectivity index (χ1) is 16.8. The van der Waals surface area contributed by atoms with Gasteiger partial charge in [-0.2, -0.15) is 0 Å². The number of carbonyl (C=O) groups is 2. The number of aliphatic imine (C=N–C) groups is 1. The third kappa shape index (κ3) is 5.06. The first-order valence-electron chi connectivity index (χ1n) is 10.9. The minimum Gasteiger partial charge on any atom is -0.494 e. The zero-order valence-electron chi connectivity index (χ0n) is 19.5. The number of esters is 1. The summed E-state index contributed by atoms with van der Waals surface area (Å²) in [5.74, 6) is -1.01. The number of aromatic hydroxyl groups is 1. The van der Waals surface area contributed by atoms with Crippen molar-refractivity contribution in [2.75, 3.05) is 19.1 Å². The fourth-order valence-electron chi connectivity index (χ4n) is 3.74. The molecular formula is C27H24FN3O4. The number of ether oxygens (including phenoxy) is 1. The molecule has 4 rings (SSSR count). The minimum absolute atomic E-state index is 0.0927. The van der Waals surface area contributed by atoms with Crippen LogP contribution in [-0.4, -0.2) is 41.8 Å². The van der Waals surface area contributed by atoms with Gasteiger partial charge in [0.25, 0.3) is 0 Å². The molecule has 0 aliphatic heterocycles. The van der Waals surface area contributed by atoms with E-state index in [1.165, 1.54) is 31.1 Å². The molecule has 8 heteroatoms. The highest BCUT2D eigenvalue weighted by Crippen LogP contribution is 2.32. The van der Waals surface area contributed by atoms with E-state index < -0.39 is 5.82 Å². The number of halogens is 1. The second-order valence-electron chi connectivity index (χ2n) is 8.04. The normalized spacial score (nSPS) is 11.5. The quantitative estimate of drug-likeness (QED) is 0.308. The fraction of sp³-hybridized carbons (Fsp3) is 0.148. The second-order valence-corrected chi connectivity index (χ2v) is 8.04. The van der Waals surface area contributed by atoms with Crippen molar-refractivity contribution >= 4 is 39.9 Å². The van der Waals surface area contributed by atoms with E-state index in [0.717, 1.165) is 11.3 Å². The Bertz CT molecular complexity index is 1420. The Morgan fingerprint density at radius 3 is 2.37 bits per heavy atom. The lowest BCUT2D eigenvalue weighted by atomic mass is 9.99. The second kappa shape index (κ2) is 9.80. The Labute approximate surface area is 201 Å². The Morgan fingerprint density at radius 2 is 1.74 bits per heavy atom. The van der Waals surface area contributed by atoms with E-state index in [-0.39, 0.29) is 24.2 Å². The van der Waals surface area contributed by atoms with E-state index >= 15 is 0 Å². The van der Waals surface area contributed by atoms with Crippen LogP contribution in [0.2, 0.25) is 0 Å². The van der Waals surface area contributed by atoms with E-state index in [1.807, 2.05) is 0 Å². The highest BCUT2D eigenvalue weighted by molar-refractivity contribution is 6.21. The van der Waals surface area contributed by atoms with Crippen molar-refractivity contribution < 1.29 is 23.8 Å². The van der Waals surface area contributed by atoms with Crippen molar-refractivity contribution in [3.05, 3.63) is 89.2 Å². The van der Waals surface area contributed by atoms with Crippen molar-refractivity contribution in [3.63, 3.8) is 0 Å². The number of fused-ring (bicyclic) bond motifs is 1. The number of hydrogen-bond donors (Lipinski definition) is 2. The first kappa shape index (κ1) is 23.7. The number of anilines is 1. The number of nitrogens with one attached hydrogen (secondary N) is 1. The predicted molar refractivity (Wildman–Crippen MR) is 133 cm³/mol. The SMILES string of the molecule is COC(=O)Cc1ccc(C(=Nc2ccc(N(C)C(C)=O)cc2)c2c(O)[nH]c3cc(F)ccc23)cc1. The van der Waals surface area contributed by atoms with Gasteiger partial charge in [0.15, 0.2) is 5.88 Å². The number of nitrogens with zero attached hydrogens (tertiary/aromatic N) is 2. The molecule has 0 atom stereocenters. The number of H-pyrrole nitrogens is 1. The van der Waals surface area contributed by atoms with E-state index in [2.05, 4.69) is 4.98 Å². The highest BCUT2D eigenvalue weighted by Gasteiger charge is 2.19. The van der Waals surface area contributed by atoms with E-state index in [0.29, 0.717) is 33.4 Å². The van der Waals surface area contributed by atoms with Gasteiger partial charge in [-0.3, -0.25) is 9.59 Å². The van der Waals surface area contributed by atoms with Gasteiger partial charge in [0.05, 0.1) is 36.0 Å². The molecule has 4 aromatic rings. The lowest BCUT2D eigenvalue weighted by Crippen LogP contribution is -2.22. The molecule has 0 saturated heterocycles. The Balaban J connectivity index is 1.83. The maximum Gasteiger partial charge on any atom is 0.309 e. The molecule has 0 spiro atoms. The minimum atomic E-state index is -0.430.